The highest BCUT2D eigenvalue weighted by molar-refractivity contribution is 5.71. The summed E-state index contributed by atoms with van der Waals surface area (Å²) in [6.45, 7) is 7.52. The number of carbonyl (C=O) groups is 2. The van der Waals surface area contributed by atoms with Crippen molar-refractivity contribution in [2.75, 3.05) is 19.8 Å². The monoisotopic (exact) mass is 779 g/mol. The molecule has 320 valence electrons. The van der Waals surface area contributed by atoms with Crippen molar-refractivity contribution in [2.45, 2.75) is 207 Å². The van der Waals surface area contributed by atoms with E-state index < -0.39 is 6.10 Å². The number of esters is 2. The van der Waals surface area contributed by atoms with Gasteiger partial charge in [0.2, 0.25) is 0 Å². The van der Waals surface area contributed by atoms with Gasteiger partial charge in [-0.05, 0) is 70.6 Å². The van der Waals surface area contributed by atoms with Crippen molar-refractivity contribution in [3.05, 3.63) is 85.1 Å². The largest absolute Gasteiger partial charge is 0.461 e. The summed E-state index contributed by atoms with van der Waals surface area (Å²) < 4.78 is 17.2. The van der Waals surface area contributed by atoms with Crippen molar-refractivity contribution in [2.24, 2.45) is 0 Å². The molecule has 5 heteroatoms. The maximum atomic E-state index is 12.7. The van der Waals surface area contributed by atoms with Crippen molar-refractivity contribution in [1.82, 2.24) is 0 Å². The van der Waals surface area contributed by atoms with Gasteiger partial charge in [-0.2, -0.15) is 0 Å². The maximum Gasteiger partial charge on any atom is 0.309 e. The van der Waals surface area contributed by atoms with Gasteiger partial charge in [-0.15, -0.1) is 0 Å². The number of carbonyl (C=O) groups excluding carboxylic acids is 2. The molecule has 0 saturated carbocycles. The van der Waals surface area contributed by atoms with Crippen molar-refractivity contribution >= 4 is 11.9 Å². The molecule has 0 amide bonds. The van der Waals surface area contributed by atoms with E-state index in [2.05, 4.69) is 93.7 Å². The van der Waals surface area contributed by atoms with Crippen LogP contribution in [0.1, 0.15) is 201 Å². The molecule has 0 heterocycles. The average molecular weight is 779 g/mol. The van der Waals surface area contributed by atoms with Gasteiger partial charge in [0.05, 0.1) is 13.0 Å². The van der Waals surface area contributed by atoms with Gasteiger partial charge in [-0.1, -0.05) is 202 Å². The molecule has 1 unspecified atom stereocenters. The van der Waals surface area contributed by atoms with Crippen LogP contribution in [0.5, 0.6) is 0 Å². The zero-order chi connectivity index (χ0) is 40.7. The molecule has 0 bridgehead atoms. The van der Waals surface area contributed by atoms with E-state index in [4.69, 9.17) is 14.2 Å². The first kappa shape index (κ1) is 53.1. The molecular formula is C51H86O5. The lowest BCUT2D eigenvalue weighted by molar-refractivity contribution is -0.162. The molecule has 0 aromatic carbocycles. The second-order valence-electron chi connectivity index (χ2n) is 14.9. The quantitative estimate of drug-likeness (QED) is 0.0351. The lowest BCUT2D eigenvalue weighted by Crippen LogP contribution is -2.30. The third kappa shape index (κ3) is 43.8. The highest BCUT2D eigenvalue weighted by Gasteiger charge is 2.17. The predicted octanol–water partition coefficient (Wildman–Crippen LogP) is 15.3. The zero-order valence-corrected chi connectivity index (χ0v) is 36.6. The fraction of sp³-hybridized carbons (Fsp3) is 0.686. The highest BCUT2D eigenvalue weighted by Crippen LogP contribution is 2.13. The van der Waals surface area contributed by atoms with Gasteiger partial charge < -0.3 is 14.2 Å². The number of hydrogen-bond donors (Lipinski definition) is 0. The van der Waals surface area contributed by atoms with E-state index in [0.29, 0.717) is 13.0 Å². The smallest absolute Gasteiger partial charge is 0.309 e. The molecule has 0 spiro atoms. The van der Waals surface area contributed by atoms with E-state index >= 15 is 0 Å². The number of allylic oxidation sites excluding steroid dienone is 13. The Hall–Kier alpha value is -2.92. The van der Waals surface area contributed by atoms with E-state index in [1.165, 1.54) is 83.5 Å². The van der Waals surface area contributed by atoms with Crippen LogP contribution in [0.4, 0.5) is 0 Å². The average Bonchev–Trinajstić information content (AvgIpc) is 3.20. The maximum absolute atomic E-state index is 12.7. The molecule has 0 aliphatic carbocycles. The minimum atomic E-state index is -0.583. The highest BCUT2D eigenvalue weighted by atomic mass is 16.6. The minimum Gasteiger partial charge on any atom is -0.461 e. The Labute approximate surface area is 346 Å². The second-order valence-corrected chi connectivity index (χ2v) is 14.9. The van der Waals surface area contributed by atoms with Crippen LogP contribution in [0, 0.1) is 0 Å². The Morgan fingerprint density at radius 2 is 0.893 bits per heavy atom. The Morgan fingerprint density at radius 1 is 0.429 bits per heavy atom. The lowest BCUT2D eigenvalue weighted by atomic mass is 10.1. The Bertz CT molecular complexity index is 1060. The molecule has 56 heavy (non-hydrogen) atoms. The predicted molar refractivity (Wildman–Crippen MR) is 242 cm³/mol. The van der Waals surface area contributed by atoms with Crippen LogP contribution in [-0.2, 0) is 23.8 Å². The fourth-order valence-electron chi connectivity index (χ4n) is 6.03. The van der Waals surface area contributed by atoms with E-state index in [1.54, 1.807) is 0 Å². The standard InChI is InChI=1S/C51H86O5/c1-4-7-10-13-16-19-22-25-26-28-29-32-35-38-41-44-50(52)55-48-49(47-54-46-43-40-37-34-31-24-21-18-15-12-9-6-3)56-51(53)45-42-39-36-33-30-27-23-20-17-14-11-8-5-2/h7,10-11,14,16,19-20,23,25-26,29,32,38,41,49H,4-6,8-9,12-13,15,17-18,21-22,24,27-28,30-31,33-37,39-40,42-48H2,1-3H3/b10-7-,14-11-,19-16-,23-20-,26-25-,32-29-,41-38-. The first-order chi connectivity index (χ1) is 27.6. The first-order valence-electron chi connectivity index (χ1n) is 23.1. The molecule has 0 aliphatic heterocycles. The summed E-state index contributed by atoms with van der Waals surface area (Å²) in [6, 6.07) is 0. The number of hydrogen-bond acceptors (Lipinski definition) is 5. The Kier molecular flexibility index (Phi) is 44.0. The van der Waals surface area contributed by atoms with Gasteiger partial charge >= 0.3 is 11.9 Å². The summed E-state index contributed by atoms with van der Waals surface area (Å²) in [7, 11) is 0. The van der Waals surface area contributed by atoms with Gasteiger partial charge in [0, 0.05) is 13.0 Å². The van der Waals surface area contributed by atoms with Crippen molar-refractivity contribution in [1.29, 1.82) is 0 Å². The molecule has 5 nitrogen and oxygen atoms in total. The van der Waals surface area contributed by atoms with E-state index in [0.717, 1.165) is 83.5 Å². The molecule has 0 fully saturated rings. The first-order valence-corrected chi connectivity index (χ1v) is 23.1. The summed E-state index contributed by atoms with van der Waals surface area (Å²) in [5.41, 5.74) is 0. The Balaban J connectivity index is 4.42. The molecule has 0 rings (SSSR count). The van der Waals surface area contributed by atoms with E-state index in [9.17, 15) is 9.59 Å². The molecule has 0 N–H and O–H groups in total. The van der Waals surface area contributed by atoms with Crippen LogP contribution in [0.2, 0.25) is 0 Å². The number of rotatable bonds is 41. The van der Waals surface area contributed by atoms with Crippen molar-refractivity contribution in [3.8, 4) is 0 Å². The molecule has 0 saturated heterocycles. The van der Waals surface area contributed by atoms with Gasteiger partial charge in [0.1, 0.15) is 6.61 Å². The lowest BCUT2D eigenvalue weighted by Gasteiger charge is -2.18. The van der Waals surface area contributed by atoms with Crippen LogP contribution in [0.3, 0.4) is 0 Å². The van der Waals surface area contributed by atoms with E-state index in [1.807, 2.05) is 12.2 Å². The SMILES string of the molecule is CC/C=C\C/C=C\C/C=C\C/C=C\C/C=C\CC(=O)OCC(COCCCCCCCCCCCCCC)OC(=O)CCCCCCC/C=C\C/C=C\CCC. The summed E-state index contributed by atoms with van der Waals surface area (Å²) in [4.78, 5) is 25.2. The van der Waals surface area contributed by atoms with Gasteiger partial charge in [0.25, 0.3) is 0 Å². The fourth-order valence-corrected chi connectivity index (χ4v) is 6.03. The third-order valence-corrected chi connectivity index (χ3v) is 9.43. The molecule has 0 aliphatic rings. The Morgan fingerprint density at radius 3 is 1.45 bits per heavy atom. The molecule has 0 radical (unpaired) electrons. The van der Waals surface area contributed by atoms with Gasteiger partial charge in [0.15, 0.2) is 6.10 Å². The van der Waals surface area contributed by atoms with Crippen LogP contribution in [0.15, 0.2) is 85.1 Å². The van der Waals surface area contributed by atoms with Crippen LogP contribution in [-0.4, -0.2) is 37.9 Å². The van der Waals surface area contributed by atoms with Crippen molar-refractivity contribution < 1.29 is 23.8 Å². The third-order valence-electron chi connectivity index (χ3n) is 9.43. The zero-order valence-electron chi connectivity index (χ0n) is 36.6. The van der Waals surface area contributed by atoms with Crippen molar-refractivity contribution in [3.63, 3.8) is 0 Å². The summed E-state index contributed by atoms with van der Waals surface area (Å²) in [6.07, 6.45) is 60.3. The van der Waals surface area contributed by atoms with Crippen LogP contribution >= 0.6 is 0 Å². The van der Waals surface area contributed by atoms with Crippen LogP contribution < -0.4 is 0 Å². The summed E-state index contributed by atoms with van der Waals surface area (Å²) >= 11 is 0. The molecule has 0 aromatic heterocycles. The normalized spacial score (nSPS) is 13.0. The van der Waals surface area contributed by atoms with Gasteiger partial charge in [-0.25, -0.2) is 0 Å². The second kappa shape index (κ2) is 46.5. The topological polar surface area (TPSA) is 61.8 Å². The number of ether oxygens (including phenoxy) is 3. The van der Waals surface area contributed by atoms with E-state index in [-0.39, 0.29) is 31.6 Å². The molecule has 1 atom stereocenters. The minimum absolute atomic E-state index is 0.0234. The molecular weight excluding hydrogens is 693 g/mol. The number of unbranched alkanes of at least 4 members (excludes halogenated alkanes) is 17. The summed E-state index contributed by atoms with van der Waals surface area (Å²) in [5, 5.41) is 0. The van der Waals surface area contributed by atoms with Crippen LogP contribution in [0.25, 0.3) is 0 Å². The summed E-state index contributed by atoms with van der Waals surface area (Å²) in [5.74, 6) is -0.562. The molecule has 0 aromatic rings. The van der Waals surface area contributed by atoms with Gasteiger partial charge in [-0.3, -0.25) is 9.59 Å².